The highest BCUT2D eigenvalue weighted by Gasteiger charge is 2.22. The van der Waals surface area contributed by atoms with Crippen molar-refractivity contribution in [2.75, 3.05) is 0 Å². The van der Waals surface area contributed by atoms with Gasteiger partial charge in [-0.2, -0.15) is 5.26 Å². The highest BCUT2D eigenvalue weighted by Crippen LogP contribution is 2.19. The maximum Gasteiger partial charge on any atom is 0.349 e. The molecule has 0 fully saturated rings. The number of aromatic nitrogens is 1. The van der Waals surface area contributed by atoms with Gasteiger partial charge in [-0.15, -0.1) is 0 Å². The Morgan fingerprint density at radius 2 is 1.90 bits per heavy atom. The van der Waals surface area contributed by atoms with Gasteiger partial charge in [-0.3, -0.25) is 4.79 Å². The second-order valence-electron chi connectivity index (χ2n) is 7.48. The van der Waals surface area contributed by atoms with Crippen LogP contribution in [0.15, 0.2) is 35.9 Å². The largest absolute Gasteiger partial charge is 0.448 e. The highest BCUT2D eigenvalue weighted by molar-refractivity contribution is 5.99. The summed E-state index contributed by atoms with van der Waals surface area (Å²) in [7, 11) is 0. The average Bonchev–Trinajstić information content (AvgIpc) is 2.99. The van der Waals surface area contributed by atoms with Crippen molar-refractivity contribution in [3.8, 4) is 6.07 Å². The molecular formula is C24H28FN3O3. The SMILES string of the molecule is CCCn1c(C)cc(/C=C(\C#N)C(=O)O[C@H](C)C(=O)N[C@H](C)c2ccc(F)cc2)c1C. The third-order valence-electron chi connectivity index (χ3n) is 5.08. The van der Waals surface area contributed by atoms with Gasteiger partial charge >= 0.3 is 5.97 Å². The molecule has 0 unspecified atom stereocenters. The molecule has 0 saturated heterocycles. The monoisotopic (exact) mass is 425 g/mol. The van der Waals surface area contributed by atoms with Gasteiger partial charge in [-0.05, 0) is 69.5 Å². The molecule has 2 aromatic rings. The number of nitriles is 1. The number of carbonyl (C=O) groups excluding carboxylic acids is 2. The van der Waals surface area contributed by atoms with Crippen LogP contribution < -0.4 is 5.32 Å². The summed E-state index contributed by atoms with van der Waals surface area (Å²) >= 11 is 0. The van der Waals surface area contributed by atoms with Crippen molar-refractivity contribution in [2.24, 2.45) is 0 Å². The van der Waals surface area contributed by atoms with Crippen molar-refractivity contribution in [2.45, 2.75) is 59.7 Å². The number of benzene rings is 1. The molecule has 1 heterocycles. The molecule has 6 nitrogen and oxygen atoms in total. The minimum Gasteiger partial charge on any atom is -0.448 e. The summed E-state index contributed by atoms with van der Waals surface area (Å²) in [6, 6.07) is 9.14. The van der Waals surface area contributed by atoms with Gasteiger partial charge in [-0.25, -0.2) is 9.18 Å². The molecule has 0 spiro atoms. The molecule has 0 saturated carbocycles. The van der Waals surface area contributed by atoms with Crippen LogP contribution in [0.25, 0.3) is 6.08 Å². The van der Waals surface area contributed by atoms with E-state index in [1.807, 2.05) is 26.0 Å². The minimum absolute atomic E-state index is 0.178. The van der Waals surface area contributed by atoms with E-state index in [1.54, 1.807) is 19.1 Å². The highest BCUT2D eigenvalue weighted by atomic mass is 19.1. The van der Waals surface area contributed by atoms with E-state index in [9.17, 15) is 19.2 Å². The van der Waals surface area contributed by atoms with E-state index in [-0.39, 0.29) is 11.4 Å². The van der Waals surface area contributed by atoms with Crippen LogP contribution in [0.2, 0.25) is 0 Å². The lowest BCUT2D eigenvalue weighted by Crippen LogP contribution is -2.37. The average molecular weight is 426 g/mol. The van der Waals surface area contributed by atoms with Crippen LogP contribution in [0.3, 0.4) is 0 Å². The Morgan fingerprint density at radius 3 is 2.48 bits per heavy atom. The summed E-state index contributed by atoms with van der Waals surface area (Å²) in [4.78, 5) is 24.9. The number of nitrogens with zero attached hydrogens (tertiary/aromatic N) is 2. The normalized spacial score (nSPS) is 13.3. The Balaban J connectivity index is 2.07. The van der Waals surface area contributed by atoms with Gasteiger partial charge in [0.15, 0.2) is 6.10 Å². The van der Waals surface area contributed by atoms with E-state index in [0.29, 0.717) is 5.56 Å². The van der Waals surface area contributed by atoms with Crippen molar-refractivity contribution in [1.29, 1.82) is 5.26 Å². The van der Waals surface area contributed by atoms with E-state index in [0.717, 1.165) is 29.9 Å². The van der Waals surface area contributed by atoms with Crippen molar-refractivity contribution < 1.29 is 18.7 Å². The van der Waals surface area contributed by atoms with Crippen molar-refractivity contribution in [1.82, 2.24) is 9.88 Å². The zero-order chi connectivity index (χ0) is 23.1. The van der Waals surface area contributed by atoms with Crippen molar-refractivity contribution in [3.05, 3.63) is 64.2 Å². The Morgan fingerprint density at radius 1 is 1.26 bits per heavy atom. The predicted octanol–water partition coefficient (Wildman–Crippen LogP) is 4.37. The molecule has 1 aromatic carbocycles. The molecule has 2 atom stereocenters. The fraction of sp³-hybridized carbons (Fsp3) is 0.375. The van der Waals surface area contributed by atoms with Gasteiger partial charge in [0.05, 0.1) is 6.04 Å². The van der Waals surface area contributed by atoms with Crippen LogP contribution in [-0.4, -0.2) is 22.5 Å². The van der Waals surface area contributed by atoms with E-state index < -0.39 is 24.0 Å². The fourth-order valence-corrected chi connectivity index (χ4v) is 3.28. The molecule has 0 bridgehead atoms. The Hall–Kier alpha value is -3.40. The maximum absolute atomic E-state index is 13.1. The molecule has 0 radical (unpaired) electrons. The molecule has 0 aliphatic carbocycles. The first-order valence-electron chi connectivity index (χ1n) is 10.2. The second-order valence-corrected chi connectivity index (χ2v) is 7.48. The van der Waals surface area contributed by atoms with E-state index in [4.69, 9.17) is 4.74 Å². The lowest BCUT2D eigenvalue weighted by Gasteiger charge is -2.18. The van der Waals surface area contributed by atoms with Crippen LogP contribution in [0.4, 0.5) is 4.39 Å². The number of rotatable bonds is 8. The number of nitrogens with one attached hydrogen (secondary N) is 1. The summed E-state index contributed by atoms with van der Waals surface area (Å²) in [5.41, 5.74) is 3.30. The molecule has 164 valence electrons. The first kappa shape index (κ1) is 23.9. The minimum atomic E-state index is -1.10. The number of aryl methyl sites for hydroxylation is 1. The molecule has 2 rings (SSSR count). The quantitative estimate of drug-likeness (QED) is 0.387. The lowest BCUT2D eigenvalue weighted by atomic mass is 10.1. The standard InChI is InChI=1S/C24H28FN3O3/c1-6-11-28-15(2)12-20(17(28)4)13-21(14-26)24(30)31-18(5)23(29)27-16(3)19-7-9-22(25)10-8-19/h7-10,12-13,16,18H,6,11H2,1-5H3,(H,27,29)/b21-13+/t16-,18-/m1/s1. The third kappa shape index (κ3) is 6.05. The van der Waals surface area contributed by atoms with Gasteiger partial charge in [-0.1, -0.05) is 19.1 Å². The Kier molecular flexibility index (Phi) is 8.14. The summed E-state index contributed by atoms with van der Waals surface area (Å²) in [5.74, 6) is -1.74. The second kappa shape index (κ2) is 10.6. The molecule has 7 heteroatoms. The lowest BCUT2D eigenvalue weighted by molar-refractivity contribution is -0.151. The van der Waals surface area contributed by atoms with Gasteiger partial charge in [0.25, 0.3) is 5.91 Å². The van der Waals surface area contributed by atoms with Gasteiger partial charge in [0, 0.05) is 17.9 Å². The maximum atomic E-state index is 13.1. The molecule has 1 amide bonds. The Bertz CT molecular complexity index is 1020. The summed E-state index contributed by atoms with van der Waals surface area (Å²) in [5, 5.41) is 12.2. The number of carbonyl (C=O) groups is 2. The molecular weight excluding hydrogens is 397 g/mol. The number of hydrogen-bond donors (Lipinski definition) is 1. The van der Waals surface area contributed by atoms with E-state index in [2.05, 4.69) is 16.8 Å². The number of halogens is 1. The molecule has 0 aliphatic rings. The van der Waals surface area contributed by atoms with E-state index in [1.165, 1.54) is 25.1 Å². The fourth-order valence-electron chi connectivity index (χ4n) is 3.28. The zero-order valence-corrected chi connectivity index (χ0v) is 18.5. The van der Waals surface area contributed by atoms with Crippen LogP contribution >= 0.6 is 0 Å². The smallest absolute Gasteiger partial charge is 0.349 e. The molecule has 1 N–H and O–H groups in total. The number of ether oxygens (including phenoxy) is 1. The summed E-state index contributed by atoms with van der Waals surface area (Å²) < 4.78 is 20.4. The first-order valence-corrected chi connectivity index (χ1v) is 10.2. The van der Waals surface area contributed by atoms with Gasteiger partial charge in [0.1, 0.15) is 17.5 Å². The van der Waals surface area contributed by atoms with Gasteiger partial charge < -0.3 is 14.6 Å². The Labute approximate surface area is 182 Å². The third-order valence-corrected chi connectivity index (χ3v) is 5.08. The van der Waals surface area contributed by atoms with Crippen LogP contribution in [0.5, 0.6) is 0 Å². The van der Waals surface area contributed by atoms with E-state index >= 15 is 0 Å². The molecule has 31 heavy (non-hydrogen) atoms. The summed E-state index contributed by atoms with van der Waals surface area (Å²) in [6.07, 6.45) is 1.36. The van der Waals surface area contributed by atoms with Crippen LogP contribution in [0.1, 0.15) is 55.7 Å². The summed E-state index contributed by atoms with van der Waals surface area (Å²) in [6.45, 7) is 10.0. The van der Waals surface area contributed by atoms with Crippen LogP contribution in [0, 0.1) is 31.0 Å². The zero-order valence-electron chi connectivity index (χ0n) is 18.5. The topological polar surface area (TPSA) is 84.1 Å². The first-order chi connectivity index (χ1) is 14.7. The van der Waals surface area contributed by atoms with Crippen molar-refractivity contribution in [3.63, 3.8) is 0 Å². The number of amides is 1. The molecule has 1 aromatic heterocycles. The molecule has 0 aliphatic heterocycles. The predicted molar refractivity (Wildman–Crippen MR) is 116 cm³/mol. The van der Waals surface area contributed by atoms with Crippen LogP contribution in [-0.2, 0) is 20.9 Å². The number of hydrogen-bond acceptors (Lipinski definition) is 4. The van der Waals surface area contributed by atoms with Gasteiger partial charge in [0.2, 0.25) is 0 Å². The van der Waals surface area contributed by atoms with Crippen molar-refractivity contribution >= 4 is 18.0 Å². The number of esters is 1.